The van der Waals surface area contributed by atoms with Gasteiger partial charge in [0, 0.05) is 12.6 Å². The first-order valence-electron chi connectivity index (χ1n) is 6.20. The Kier molecular flexibility index (Phi) is 3.82. The third-order valence-corrected chi connectivity index (χ3v) is 7.13. The van der Waals surface area contributed by atoms with Crippen molar-refractivity contribution >= 4 is 38.7 Å². The molecule has 0 atom stereocenters. The predicted molar refractivity (Wildman–Crippen MR) is 79.1 cm³/mol. The maximum atomic E-state index is 12.8. The Bertz CT molecular complexity index is 747. The van der Waals surface area contributed by atoms with E-state index in [-0.39, 0.29) is 16.8 Å². The zero-order chi connectivity index (χ0) is 15.0. The summed E-state index contributed by atoms with van der Waals surface area (Å²) in [5.74, 6) is -1.32. The second kappa shape index (κ2) is 5.48. The molecule has 1 saturated carbocycles. The van der Waals surface area contributed by atoms with Gasteiger partial charge in [-0.05, 0) is 35.2 Å². The average molecular weight is 344 g/mol. The molecule has 0 bridgehead atoms. The molecule has 0 aliphatic heterocycles. The molecule has 0 amide bonds. The van der Waals surface area contributed by atoms with Crippen LogP contribution < -0.4 is 0 Å². The van der Waals surface area contributed by atoms with Crippen LogP contribution >= 0.6 is 22.7 Å². The van der Waals surface area contributed by atoms with Crippen LogP contribution in [0.1, 0.15) is 28.9 Å². The standard InChI is InChI=1S/C12H12N2O4S3/c15-11(16)10-12(20-7-13-10)21(17,18)14(9-1-2-9)5-8-3-4-19-6-8/h3-4,6-7,9H,1-2,5H2,(H,15,16). The SMILES string of the molecule is O=C(O)c1ncsc1S(=O)(=O)N(Cc1ccsc1)C1CC1. The number of thiazole rings is 1. The summed E-state index contributed by atoms with van der Waals surface area (Å²) in [6.45, 7) is 0.271. The fraction of sp³-hybridized carbons (Fsp3) is 0.333. The number of aromatic nitrogens is 1. The summed E-state index contributed by atoms with van der Waals surface area (Å²) >= 11 is 2.36. The molecule has 2 aromatic rings. The number of thiophene rings is 1. The number of carboxylic acids is 1. The van der Waals surface area contributed by atoms with E-state index in [9.17, 15) is 13.2 Å². The highest BCUT2D eigenvalue weighted by atomic mass is 32.2. The highest BCUT2D eigenvalue weighted by molar-refractivity contribution is 7.91. The summed E-state index contributed by atoms with van der Waals surface area (Å²) in [5, 5.41) is 12.9. The molecule has 112 valence electrons. The van der Waals surface area contributed by atoms with Crippen LogP contribution in [0.2, 0.25) is 0 Å². The number of aromatic carboxylic acids is 1. The molecule has 0 saturated heterocycles. The molecule has 0 aromatic carbocycles. The highest BCUT2D eigenvalue weighted by Gasteiger charge is 2.40. The van der Waals surface area contributed by atoms with Crippen LogP contribution in [0.3, 0.4) is 0 Å². The van der Waals surface area contributed by atoms with Gasteiger partial charge in [0.15, 0.2) is 9.90 Å². The Hall–Kier alpha value is -1.29. The van der Waals surface area contributed by atoms with Crippen LogP contribution in [-0.4, -0.2) is 34.8 Å². The summed E-state index contributed by atoms with van der Waals surface area (Å²) in [4.78, 5) is 14.8. The van der Waals surface area contributed by atoms with E-state index >= 15 is 0 Å². The number of carboxylic acid groups (broad SMARTS) is 1. The van der Waals surface area contributed by atoms with Gasteiger partial charge in [0.05, 0.1) is 5.51 Å². The zero-order valence-electron chi connectivity index (χ0n) is 10.8. The van der Waals surface area contributed by atoms with Crippen molar-refractivity contribution in [3.8, 4) is 0 Å². The Morgan fingerprint density at radius 1 is 1.48 bits per heavy atom. The minimum Gasteiger partial charge on any atom is -0.476 e. The van der Waals surface area contributed by atoms with Gasteiger partial charge in [0.1, 0.15) is 0 Å². The Morgan fingerprint density at radius 2 is 2.24 bits per heavy atom. The van der Waals surface area contributed by atoms with Crippen LogP contribution in [0.4, 0.5) is 0 Å². The van der Waals surface area contributed by atoms with E-state index in [1.165, 1.54) is 21.2 Å². The number of carbonyl (C=O) groups is 1. The fourth-order valence-corrected chi connectivity index (χ4v) is 5.59. The minimum absolute atomic E-state index is 0.0429. The van der Waals surface area contributed by atoms with Crippen LogP contribution in [0.25, 0.3) is 0 Å². The van der Waals surface area contributed by atoms with Crippen LogP contribution in [0.15, 0.2) is 26.5 Å². The maximum Gasteiger partial charge on any atom is 0.356 e. The Balaban J connectivity index is 1.97. The first-order valence-corrected chi connectivity index (χ1v) is 9.46. The van der Waals surface area contributed by atoms with Gasteiger partial charge >= 0.3 is 5.97 Å². The normalized spacial score (nSPS) is 15.5. The van der Waals surface area contributed by atoms with Crippen molar-refractivity contribution in [2.45, 2.75) is 29.6 Å². The topological polar surface area (TPSA) is 87.6 Å². The van der Waals surface area contributed by atoms with Crippen molar-refractivity contribution in [3.05, 3.63) is 33.6 Å². The predicted octanol–water partition coefficient (Wildman–Crippen LogP) is 2.26. The lowest BCUT2D eigenvalue weighted by Crippen LogP contribution is -2.33. The molecular formula is C12H12N2O4S3. The highest BCUT2D eigenvalue weighted by Crippen LogP contribution is 2.35. The summed E-state index contributed by atoms with van der Waals surface area (Å²) in [6, 6.07) is 1.83. The molecule has 0 spiro atoms. The molecule has 6 nitrogen and oxygen atoms in total. The zero-order valence-corrected chi connectivity index (χ0v) is 13.2. The largest absolute Gasteiger partial charge is 0.476 e. The van der Waals surface area contributed by atoms with Gasteiger partial charge in [-0.1, -0.05) is 0 Å². The van der Waals surface area contributed by atoms with Gasteiger partial charge in [-0.2, -0.15) is 15.6 Å². The van der Waals surface area contributed by atoms with Gasteiger partial charge in [0.2, 0.25) is 0 Å². The van der Waals surface area contributed by atoms with E-state index < -0.39 is 21.7 Å². The maximum absolute atomic E-state index is 12.8. The monoisotopic (exact) mass is 344 g/mol. The lowest BCUT2D eigenvalue weighted by atomic mass is 10.3. The third kappa shape index (κ3) is 2.86. The van der Waals surface area contributed by atoms with Crippen molar-refractivity contribution in [3.63, 3.8) is 0 Å². The van der Waals surface area contributed by atoms with E-state index in [4.69, 9.17) is 5.11 Å². The molecule has 0 unspecified atom stereocenters. The Labute approximate surface area is 129 Å². The van der Waals surface area contributed by atoms with Gasteiger partial charge in [-0.3, -0.25) is 0 Å². The van der Waals surface area contributed by atoms with Gasteiger partial charge < -0.3 is 5.11 Å². The third-order valence-electron chi connectivity index (χ3n) is 3.15. The van der Waals surface area contributed by atoms with Crippen molar-refractivity contribution in [1.29, 1.82) is 0 Å². The molecule has 1 N–H and O–H groups in total. The second-order valence-corrected chi connectivity index (χ2v) is 8.43. The lowest BCUT2D eigenvalue weighted by molar-refractivity contribution is 0.0687. The molecule has 2 aromatic heterocycles. The van der Waals surface area contributed by atoms with Crippen molar-refractivity contribution < 1.29 is 18.3 Å². The number of nitrogens with zero attached hydrogens (tertiary/aromatic N) is 2. The second-order valence-electron chi connectivity index (χ2n) is 4.71. The Morgan fingerprint density at radius 3 is 2.81 bits per heavy atom. The molecule has 0 radical (unpaired) electrons. The van der Waals surface area contributed by atoms with Crippen molar-refractivity contribution in [2.24, 2.45) is 0 Å². The number of sulfonamides is 1. The van der Waals surface area contributed by atoms with Crippen LogP contribution in [0.5, 0.6) is 0 Å². The van der Waals surface area contributed by atoms with Crippen molar-refractivity contribution in [2.75, 3.05) is 0 Å². The molecule has 1 aliphatic carbocycles. The lowest BCUT2D eigenvalue weighted by Gasteiger charge is -2.20. The first kappa shape index (κ1) is 14.6. The van der Waals surface area contributed by atoms with E-state index in [0.29, 0.717) is 0 Å². The number of hydrogen-bond acceptors (Lipinski definition) is 6. The molecule has 2 heterocycles. The molecule has 1 fully saturated rings. The summed E-state index contributed by atoms with van der Waals surface area (Å²) in [5.41, 5.74) is 1.78. The summed E-state index contributed by atoms with van der Waals surface area (Å²) < 4.78 is 26.7. The van der Waals surface area contributed by atoms with E-state index in [0.717, 1.165) is 29.7 Å². The molecular weight excluding hydrogens is 332 g/mol. The number of rotatable bonds is 6. The number of hydrogen-bond donors (Lipinski definition) is 1. The molecule has 9 heteroatoms. The summed E-state index contributed by atoms with van der Waals surface area (Å²) in [7, 11) is -3.83. The van der Waals surface area contributed by atoms with E-state index in [1.807, 2.05) is 16.8 Å². The quantitative estimate of drug-likeness (QED) is 0.868. The molecule has 21 heavy (non-hydrogen) atoms. The van der Waals surface area contributed by atoms with E-state index in [2.05, 4.69) is 4.98 Å². The van der Waals surface area contributed by atoms with Crippen molar-refractivity contribution in [1.82, 2.24) is 9.29 Å². The van der Waals surface area contributed by atoms with Gasteiger partial charge in [-0.15, -0.1) is 11.3 Å². The summed E-state index contributed by atoms with van der Waals surface area (Å²) in [6.07, 6.45) is 1.62. The minimum atomic E-state index is -3.83. The smallest absolute Gasteiger partial charge is 0.356 e. The first-order chi connectivity index (χ1) is 10.00. The van der Waals surface area contributed by atoms with Gasteiger partial charge in [-0.25, -0.2) is 18.2 Å². The van der Waals surface area contributed by atoms with Crippen LogP contribution in [0, 0.1) is 0 Å². The fourth-order valence-electron chi connectivity index (χ4n) is 2.00. The van der Waals surface area contributed by atoms with E-state index in [1.54, 1.807) is 0 Å². The van der Waals surface area contributed by atoms with Gasteiger partial charge in [0.25, 0.3) is 10.0 Å². The van der Waals surface area contributed by atoms with Crippen LogP contribution in [-0.2, 0) is 16.6 Å². The molecule has 1 aliphatic rings. The average Bonchev–Trinajstić information content (AvgIpc) is 2.95. The molecule has 3 rings (SSSR count).